The fourth-order valence-corrected chi connectivity index (χ4v) is 5.29. The number of imidazole rings is 1. The number of aryl methyl sites for hydroxylation is 1. The van der Waals surface area contributed by atoms with E-state index in [0.29, 0.717) is 18.0 Å². The first kappa shape index (κ1) is 20.4. The molecule has 6 nitrogen and oxygen atoms in total. The van der Waals surface area contributed by atoms with Gasteiger partial charge in [-0.05, 0) is 62.0 Å². The Balaban J connectivity index is 1.40. The SMILES string of the molecule is COc1ccc2nc(-c3ccc4c(c3)CC[C@@H]4NC3CCNCC3)c(-c3ccccc3)n2n1. The Morgan fingerprint density at radius 1 is 0.970 bits per heavy atom. The van der Waals surface area contributed by atoms with E-state index in [9.17, 15) is 0 Å². The fraction of sp³-hybridized carbons (Fsp3) is 0.333. The smallest absolute Gasteiger partial charge is 0.231 e. The monoisotopic (exact) mass is 439 g/mol. The molecule has 168 valence electrons. The molecule has 3 heterocycles. The van der Waals surface area contributed by atoms with Gasteiger partial charge >= 0.3 is 0 Å². The molecule has 0 saturated carbocycles. The van der Waals surface area contributed by atoms with Crippen LogP contribution in [-0.4, -0.2) is 40.8 Å². The van der Waals surface area contributed by atoms with Crippen LogP contribution in [0, 0.1) is 0 Å². The molecule has 33 heavy (non-hydrogen) atoms. The minimum absolute atomic E-state index is 0.456. The van der Waals surface area contributed by atoms with Gasteiger partial charge in [0.25, 0.3) is 0 Å². The van der Waals surface area contributed by atoms with Gasteiger partial charge in [-0.2, -0.15) is 0 Å². The third-order valence-electron chi connectivity index (χ3n) is 6.98. The topological polar surface area (TPSA) is 63.5 Å². The van der Waals surface area contributed by atoms with Crippen molar-refractivity contribution in [2.24, 2.45) is 0 Å². The minimum atomic E-state index is 0.456. The van der Waals surface area contributed by atoms with Gasteiger partial charge in [0, 0.05) is 29.3 Å². The molecule has 0 amide bonds. The summed E-state index contributed by atoms with van der Waals surface area (Å²) in [5.74, 6) is 0.574. The van der Waals surface area contributed by atoms with Crippen molar-refractivity contribution in [3.8, 4) is 28.4 Å². The summed E-state index contributed by atoms with van der Waals surface area (Å²) in [6.45, 7) is 2.23. The summed E-state index contributed by atoms with van der Waals surface area (Å²) in [4.78, 5) is 5.00. The maximum Gasteiger partial charge on any atom is 0.231 e. The molecule has 1 fully saturated rings. The van der Waals surface area contributed by atoms with Crippen LogP contribution in [0.4, 0.5) is 0 Å². The Labute approximate surface area is 194 Å². The summed E-state index contributed by atoms with van der Waals surface area (Å²) >= 11 is 0. The fourth-order valence-electron chi connectivity index (χ4n) is 5.29. The molecular formula is C27H29N5O. The summed E-state index contributed by atoms with van der Waals surface area (Å²) in [7, 11) is 1.64. The van der Waals surface area contributed by atoms with Gasteiger partial charge in [0.2, 0.25) is 5.88 Å². The van der Waals surface area contributed by atoms with Gasteiger partial charge in [-0.15, -0.1) is 5.10 Å². The van der Waals surface area contributed by atoms with Gasteiger partial charge in [-0.1, -0.05) is 42.5 Å². The van der Waals surface area contributed by atoms with Crippen molar-refractivity contribution in [1.29, 1.82) is 0 Å². The molecular weight excluding hydrogens is 410 g/mol. The Hall–Kier alpha value is -3.22. The molecule has 6 heteroatoms. The van der Waals surface area contributed by atoms with Gasteiger partial charge in [-0.3, -0.25) is 0 Å². The predicted octanol–water partition coefficient (Wildman–Crippen LogP) is 4.40. The summed E-state index contributed by atoms with van der Waals surface area (Å²) in [5, 5.41) is 12.1. The highest BCUT2D eigenvalue weighted by Crippen LogP contribution is 2.38. The number of methoxy groups -OCH3 is 1. The average molecular weight is 440 g/mol. The molecule has 1 atom stereocenters. The first-order valence-electron chi connectivity index (χ1n) is 11.9. The number of aromatic nitrogens is 3. The Bertz CT molecular complexity index is 1280. The molecule has 1 aliphatic heterocycles. The second-order valence-electron chi connectivity index (χ2n) is 9.02. The second kappa shape index (κ2) is 8.61. The lowest BCUT2D eigenvalue weighted by molar-refractivity contribution is 0.349. The van der Waals surface area contributed by atoms with Crippen LogP contribution in [0.2, 0.25) is 0 Å². The lowest BCUT2D eigenvalue weighted by Gasteiger charge is -2.27. The van der Waals surface area contributed by atoms with E-state index in [1.165, 1.54) is 24.0 Å². The number of hydrogen-bond acceptors (Lipinski definition) is 5. The highest BCUT2D eigenvalue weighted by atomic mass is 16.5. The third-order valence-corrected chi connectivity index (χ3v) is 6.98. The average Bonchev–Trinajstić information content (AvgIpc) is 3.45. The van der Waals surface area contributed by atoms with Crippen molar-refractivity contribution >= 4 is 5.65 Å². The maximum absolute atomic E-state index is 5.39. The molecule has 0 unspecified atom stereocenters. The largest absolute Gasteiger partial charge is 0.480 e. The quantitative estimate of drug-likeness (QED) is 0.483. The van der Waals surface area contributed by atoms with Gasteiger partial charge in [0.05, 0.1) is 12.8 Å². The molecule has 0 bridgehead atoms. The lowest BCUT2D eigenvalue weighted by Crippen LogP contribution is -2.41. The third kappa shape index (κ3) is 3.79. The Kier molecular flexibility index (Phi) is 5.32. The molecule has 2 aromatic carbocycles. The number of nitrogens with one attached hydrogen (secondary N) is 2. The van der Waals surface area contributed by atoms with E-state index >= 15 is 0 Å². The molecule has 2 N–H and O–H groups in total. The van der Waals surface area contributed by atoms with Crippen molar-refractivity contribution in [3.05, 3.63) is 71.8 Å². The van der Waals surface area contributed by atoms with E-state index < -0.39 is 0 Å². The molecule has 1 saturated heterocycles. The number of hydrogen-bond donors (Lipinski definition) is 2. The molecule has 2 aromatic heterocycles. The maximum atomic E-state index is 5.39. The molecule has 0 spiro atoms. The molecule has 0 radical (unpaired) electrons. The predicted molar refractivity (Wildman–Crippen MR) is 131 cm³/mol. The van der Waals surface area contributed by atoms with Crippen molar-refractivity contribution < 1.29 is 4.74 Å². The highest BCUT2D eigenvalue weighted by Gasteiger charge is 2.27. The summed E-state index contributed by atoms with van der Waals surface area (Å²) in [6.07, 6.45) is 4.69. The number of ether oxygens (including phenoxy) is 1. The van der Waals surface area contributed by atoms with Crippen LogP contribution in [0.3, 0.4) is 0 Å². The van der Waals surface area contributed by atoms with Crippen molar-refractivity contribution in [3.63, 3.8) is 0 Å². The van der Waals surface area contributed by atoms with E-state index in [2.05, 4.69) is 58.2 Å². The minimum Gasteiger partial charge on any atom is -0.480 e. The Morgan fingerprint density at radius 2 is 1.82 bits per heavy atom. The number of piperidine rings is 1. The van der Waals surface area contributed by atoms with Crippen LogP contribution in [0.25, 0.3) is 28.2 Å². The van der Waals surface area contributed by atoms with Crippen LogP contribution in [0.15, 0.2) is 60.7 Å². The molecule has 6 rings (SSSR count). The molecule has 2 aliphatic rings. The molecule has 1 aliphatic carbocycles. The van der Waals surface area contributed by atoms with Crippen LogP contribution in [0.5, 0.6) is 5.88 Å². The van der Waals surface area contributed by atoms with Crippen LogP contribution < -0.4 is 15.4 Å². The number of fused-ring (bicyclic) bond motifs is 2. The number of nitrogens with zero attached hydrogens (tertiary/aromatic N) is 3. The Morgan fingerprint density at radius 3 is 2.64 bits per heavy atom. The van der Waals surface area contributed by atoms with Crippen LogP contribution in [-0.2, 0) is 6.42 Å². The highest BCUT2D eigenvalue weighted by molar-refractivity contribution is 5.82. The zero-order valence-corrected chi connectivity index (χ0v) is 18.9. The van der Waals surface area contributed by atoms with E-state index in [4.69, 9.17) is 9.72 Å². The van der Waals surface area contributed by atoms with Crippen molar-refractivity contribution in [2.45, 2.75) is 37.8 Å². The summed E-state index contributed by atoms with van der Waals surface area (Å²) in [5.41, 5.74) is 7.87. The first-order valence-corrected chi connectivity index (χ1v) is 11.9. The first-order chi connectivity index (χ1) is 16.3. The van der Waals surface area contributed by atoms with E-state index in [1.807, 2.05) is 22.7 Å². The van der Waals surface area contributed by atoms with Crippen molar-refractivity contribution in [1.82, 2.24) is 25.2 Å². The van der Waals surface area contributed by atoms with Crippen LogP contribution >= 0.6 is 0 Å². The van der Waals surface area contributed by atoms with Crippen molar-refractivity contribution in [2.75, 3.05) is 20.2 Å². The molecule has 4 aromatic rings. The zero-order chi connectivity index (χ0) is 22.2. The lowest BCUT2D eigenvalue weighted by atomic mass is 9.99. The summed E-state index contributed by atoms with van der Waals surface area (Å²) < 4.78 is 7.29. The number of benzene rings is 2. The van der Waals surface area contributed by atoms with Gasteiger partial charge in [-0.25, -0.2) is 9.50 Å². The van der Waals surface area contributed by atoms with E-state index in [-0.39, 0.29) is 0 Å². The summed E-state index contributed by atoms with van der Waals surface area (Å²) in [6, 6.07) is 22.1. The second-order valence-corrected chi connectivity index (χ2v) is 9.02. The van der Waals surface area contributed by atoms with Gasteiger partial charge in [0.1, 0.15) is 5.69 Å². The van der Waals surface area contributed by atoms with Gasteiger partial charge in [0.15, 0.2) is 5.65 Å². The normalized spacial score (nSPS) is 18.5. The van der Waals surface area contributed by atoms with E-state index in [0.717, 1.165) is 54.1 Å². The number of rotatable bonds is 5. The zero-order valence-electron chi connectivity index (χ0n) is 18.9. The van der Waals surface area contributed by atoms with Gasteiger partial charge < -0.3 is 15.4 Å². The van der Waals surface area contributed by atoms with E-state index in [1.54, 1.807) is 7.11 Å². The standard InChI is InChI=1S/C27H29N5O/c1-33-25-12-11-24-30-26(27(32(24)31-25)18-5-3-2-4-6-18)20-7-9-22-19(17-20)8-10-23(22)29-21-13-15-28-16-14-21/h2-7,9,11-12,17,21,23,28-29H,8,10,13-16H2,1H3/t23-/m0/s1. The van der Waals surface area contributed by atoms with Crippen LogP contribution in [0.1, 0.15) is 36.4 Å².